The topological polar surface area (TPSA) is 15.7 Å². The van der Waals surface area contributed by atoms with Crippen molar-refractivity contribution in [3.8, 4) is 11.5 Å². The van der Waals surface area contributed by atoms with Crippen molar-refractivity contribution in [2.75, 3.05) is 9.80 Å². The van der Waals surface area contributed by atoms with Gasteiger partial charge in [-0.25, -0.2) is 0 Å². The maximum Gasteiger partial charge on any atom is 0.256 e. The van der Waals surface area contributed by atoms with Crippen LogP contribution in [0.15, 0.2) is 133 Å². The molecule has 8 aromatic rings. The molecular weight excluding hydrogens is 832 g/mol. The minimum atomic E-state index is -0.122. The van der Waals surface area contributed by atoms with E-state index in [0.717, 1.165) is 22.9 Å². The van der Waals surface area contributed by atoms with Gasteiger partial charge in [-0.15, -0.1) is 11.3 Å². The molecule has 67 heavy (non-hydrogen) atoms. The molecule has 2 aliphatic heterocycles. The number of benzene rings is 7. The van der Waals surface area contributed by atoms with Crippen molar-refractivity contribution in [3.63, 3.8) is 0 Å². The monoisotopic (exact) mass is 899 g/mol. The lowest BCUT2D eigenvalue weighted by Crippen LogP contribution is -2.60. The molecule has 7 aromatic carbocycles. The third kappa shape index (κ3) is 7.76. The van der Waals surface area contributed by atoms with Crippen LogP contribution >= 0.6 is 11.3 Å². The minimum Gasteiger partial charge on any atom is -0.458 e. The van der Waals surface area contributed by atoms with Crippen molar-refractivity contribution < 1.29 is 4.74 Å². The molecule has 5 heteroatoms. The summed E-state index contributed by atoms with van der Waals surface area (Å²) >= 11 is 1.90. The number of thiophene rings is 1. The molecule has 3 nitrogen and oxygen atoms in total. The van der Waals surface area contributed by atoms with Crippen molar-refractivity contribution in [2.24, 2.45) is 0 Å². The van der Waals surface area contributed by atoms with E-state index in [1.54, 1.807) is 0 Å². The first-order valence-corrected chi connectivity index (χ1v) is 25.1. The van der Waals surface area contributed by atoms with Gasteiger partial charge in [0.05, 0.1) is 16.1 Å². The lowest BCUT2D eigenvalue weighted by molar-refractivity contribution is 0.482. The maximum absolute atomic E-state index is 7.14. The van der Waals surface area contributed by atoms with E-state index >= 15 is 0 Å². The second kappa shape index (κ2) is 15.4. The van der Waals surface area contributed by atoms with Crippen LogP contribution in [-0.4, -0.2) is 6.71 Å². The Morgan fingerprint density at radius 3 is 1.52 bits per heavy atom. The fraction of sp³-hybridized carbons (Fsp3) is 0.323. The standard InChI is InChI=1S/C62H67BN2OS/c1-58(2,3)38-20-26-43(27-21-38)64(44-28-22-39(23-29-44)59(4,5)6)50-32-31-49(55-45-18-16-17-19-54(45)67-57(50)55)65-48-30-24-40(60(7,8)9)34-46(48)63-47-35-41(61(10,11)12)25-33-52(47)66-53-37-42(62(13,14)15)36-51(65)56(53)63/h16-37H,1-15H3. The summed E-state index contributed by atoms with van der Waals surface area (Å²) in [7, 11) is 0. The first-order valence-electron chi connectivity index (χ1n) is 24.3. The maximum atomic E-state index is 7.14. The number of hydrogen-bond donors (Lipinski definition) is 0. The van der Waals surface area contributed by atoms with Crippen molar-refractivity contribution in [1.29, 1.82) is 0 Å². The van der Waals surface area contributed by atoms with Crippen LogP contribution in [0.4, 0.5) is 34.1 Å². The molecule has 0 N–H and O–H groups in total. The van der Waals surface area contributed by atoms with Gasteiger partial charge < -0.3 is 14.5 Å². The van der Waals surface area contributed by atoms with E-state index in [9.17, 15) is 0 Å². The summed E-state index contributed by atoms with van der Waals surface area (Å²) in [6.07, 6.45) is 0. The van der Waals surface area contributed by atoms with Crippen LogP contribution in [0.25, 0.3) is 20.2 Å². The zero-order valence-electron chi connectivity index (χ0n) is 42.5. The van der Waals surface area contributed by atoms with Crippen LogP contribution < -0.4 is 30.9 Å². The Kier molecular flexibility index (Phi) is 10.3. The normalized spacial score (nSPS) is 14.0. The van der Waals surface area contributed by atoms with E-state index < -0.39 is 0 Å². The van der Waals surface area contributed by atoms with Crippen LogP contribution in [0, 0.1) is 0 Å². The van der Waals surface area contributed by atoms with Crippen LogP contribution in [-0.2, 0) is 27.1 Å². The summed E-state index contributed by atoms with van der Waals surface area (Å²) < 4.78 is 9.67. The molecule has 1 aromatic heterocycles. The summed E-state index contributed by atoms with van der Waals surface area (Å²) in [5.41, 5.74) is 17.3. The van der Waals surface area contributed by atoms with Crippen LogP contribution in [0.1, 0.15) is 132 Å². The largest absolute Gasteiger partial charge is 0.458 e. The molecule has 0 fully saturated rings. The van der Waals surface area contributed by atoms with Gasteiger partial charge in [0.25, 0.3) is 6.71 Å². The van der Waals surface area contributed by atoms with Gasteiger partial charge in [-0.05, 0) is 138 Å². The molecule has 0 bridgehead atoms. The fourth-order valence-corrected chi connectivity index (χ4v) is 11.4. The van der Waals surface area contributed by atoms with Gasteiger partial charge in [0.1, 0.15) is 11.5 Å². The van der Waals surface area contributed by atoms with E-state index in [2.05, 4.69) is 247 Å². The minimum absolute atomic E-state index is 0.00441. The zero-order chi connectivity index (χ0) is 47.7. The van der Waals surface area contributed by atoms with E-state index in [4.69, 9.17) is 4.74 Å². The molecule has 0 aliphatic carbocycles. The van der Waals surface area contributed by atoms with Gasteiger partial charge in [0.15, 0.2) is 0 Å². The predicted molar refractivity (Wildman–Crippen MR) is 293 cm³/mol. The lowest BCUT2D eigenvalue weighted by Gasteiger charge is -2.42. The molecule has 3 heterocycles. The molecule has 0 unspecified atom stereocenters. The fourth-order valence-electron chi connectivity index (χ4n) is 10.2. The molecule has 340 valence electrons. The first kappa shape index (κ1) is 45.0. The Morgan fingerprint density at radius 1 is 0.448 bits per heavy atom. The van der Waals surface area contributed by atoms with Crippen molar-refractivity contribution >= 4 is 88.7 Å². The molecule has 0 saturated heterocycles. The average molecular weight is 899 g/mol. The highest BCUT2D eigenvalue weighted by Gasteiger charge is 2.44. The summed E-state index contributed by atoms with van der Waals surface area (Å²) in [6, 6.07) is 51.3. The van der Waals surface area contributed by atoms with Crippen LogP contribution in [0.5, 0.6) is 11.5 Å². The molecule has 0 atom stereocenters. The summed E-state index contributed by atoms with van der Waals surface area (Å²) in [6.45, 7) is 34.6. The van der Waals surface area contributed by atoms with Gasteiger partial charge in [-0.1, -0.05) is 171 Å². The number of anilines is 6. The molecular formula is C62H67BN2OS. The highest BCUT2D eigenvalue weighted by atomic mass is 32.1. The Bertz CT molecular complexity index is 3170. The van der Waals surface area contributed by atoms with E-state index in [0.29, 0.717) is 0 Å². The Labute approximate surface area is 404 Å². The van der Waals surface area contributed by atoms with Crippen molar-refractivity contribution in [3.05, 3.63) is 161 Å². The number of rotatable bonds is 4. The van der Waals surface area contributed by atoms with Gasteiger partial charge in [0, 0.05) is 38.2 Å². The number of ether oxygens (including phenoxy) is 1. The third-order valence-electron chi connectivity index (χ3n) is 14.3. The molecule has 0 saturated carbocycles. The van der Waals surface area contributed by atoms with Crippen LogP contribution in [0.3, 0.4) is 0 Å². The summed E-state index contributed by atoms with van der Waals surface area (Å²) in [5, 5.41) is 2.52. The molecule has 0 radical (unpaired) electrons. The van der Waals surface area contributed by atoms with Gasteiger partial charge in [-0.3, -0.25) is 0 Å². The smallest absolute Gasteiger partial charge is 0.256 e. The van der Waals surface area contributed by atoms with Crippen molar-refractivity contribution in [1.82, 2.24) is 0 Å². The van der Waals surface area contributed by atoms with E-state index in [-0.39, 0.29) is 33.8 Å². The van der Waals surface area contributed by atoms with Crippen LogP contribution in [0.2, 0.25) is 0 Å². The number of fused-ring (bicyclic) bond motifs is 7. The van der Waals surface area contributed by atoms with Gasteiger partial charge in [-0.2, -0.15) is 0 Å². The van der Waals surface area contributed by atoms with Crippen molar-refractivity contribution in [2.45, 2.75) is 131 Å². The SMILES string of the molecule is CC(C)(C)c1ccc(N(c2ccc(C(C)(C)C)cc2)c2ccc(N3c4ccc(C(C)(C)C)cc4B4c5cc(C(C)(C)C)ccc5Oc5cc(C(C)(C)C)cc3c54)c3c2sc2ccccc23)cc1. The molecule has 0 spiro atoms. The second-order valence-electron chi connectivity index (χ2n) is 24.4. The van der Waals surface area contributed by atoms with E-state index in [1.165, 1.54) is 87.1 Å². The molecule has 10 rings (SSSR count). The Morgan fingerprint density at radius 2 is 0.955 bits per heavy atom. The van der Waals surface area contributed by atoms with Gasteiger partial charge in [0.2, 0.25) is 0 Å². The van der Waals surface area contributed by atoms with Gasteiger partial charge >= 0.3 is 0 Å². The van der Waals surface area contributed by atoms with E-state index in [1.807, 2.05) is 11.3 Å². The average Bonchev–Trinajstić information content (AvgIpc) is 3.65. The number of hydrogen-bond acceptors (Lipinski definition) is 4. The Hall–Kier alpha value is -5.78. The summed E-state index contributed by atoms with van der Waals surface area (Å²) in [4.78, 5) is 5.08. The molecule has 0 amide bonds. The second-order valence-corrected chi connectivity index (χ2v) is 25.4. The third-order valence-corrected chi connectivity index (χ3v) is 15.5. The lowest BCUT2D eigenvalue weighted by atomic mass is 9.33. The Balaban J connectivity index is 1.28. The first-order chi connectivity index (χ1) is 31.4. The summed E-state index contributed by atoms with van der Waals surface area (Å²) in [5.74, 6) is 1.90. The molecule has 2 aliphatic rings. The highest BCUT2D eigenvalue weighted by molar-refractivity contribution is 7.26. The zero-order valence-corrected chi connectivity index (χ0v) is 43.3. The number of nitrogens with zero attached hydrogens (tertiary/aromatic N) is 2. The quantitative estimate of drug-likeness (QED) is 0.164. The predicted octanol–water partition coefficient (Wildman–Crippen LogP) is 16.4. The highest BCUT2D eigenvalue weighted by Crippen LogP contribution is 2.52.